The van der Waals surface area contributed by atoms with Crippen molar-refractivity contribution in [2.45, 2.75) is 51.6 Å². The maximum absolute atomic E-state index is 13.2. The number of nitrogens with one attached hydrogen (secondary N) is 1. The molecule has 0 aliphatic carbocycles. The zero-order valence-corrected chi connectivity index (χ0v) is 23.7. The van der Waals surface area contributed by atoms with E-state index in [0.29, 0.717) is 25.2 Å². The van der Waals surface area contributed by atoms with Crippen LogP contribution in [0.1, 0.15) is 59.4 Å². The summed E-state index contributed by atoms with van der Waals surface area (Å²) >= 11 is 0. The lowest BCUT2D eigenvalue weighted by atomic mass is 9.99. The van der Waals surface area contributed by atoms with E-state index in [1.165, 1.54) is 26.7 Å². The number of nitrogens with zero attached hydrogens (tertiary/aromatic N) is 6. The van der Waals surface area contributed by atoms with Crippen LogP contribution in [-0.2, 0) is 29.0 Å². The number of pyridine rings is 1. The second-order valence-corrected chi connectivity index (χ2v) is 11.0. The first-order chi connectivity index (χ1) is 19.8. The SMILES string of the molecule is CCc1ccc(CCCC(=O)N2C[C@@H]3CC(=O)NCCN(C)C(=O)c4cccn(c4=O)Cc4cn(nn4)[C@@H]3C2)cc1. The molecule has 2 aromatic heterocycles. The first kappa shape index (κ1) is 28.3. The minimum Gasteiger partial charge on any atom is -0.354 e. The topological polar surface area (TPSA) is 122 Å². The predicted octanol–water partition coefficient (Wildman–Crippen LogP) is 1.66. The minimum atomic E-state index is -0.410. The molecule has 3 aromatic rings. The van der Waals surface area contributed by atoms with E-state index in [9.17, 15) is 19.2 Å². The van der Waals surface area contributed by atoms with E-state index < -0.39 is 11.5 Å². The molecule has 5 rings (SSSR count). The van der Waals surface area contributed by atoms with Gasteiger partial charge in [0.05, 0.1) is 18.8 Å². The molecule has 4 bridgehead atoms. The Morgan fingerprint density at radius 2 is 1.85 bits per heavy atom. The molecule has 41 heavy (non-hydrogen) atoms. The van der Waals surface area contributed by atoms with Crippen molar-refractivity contribution in [3.05, 3.63) is 81.5 Å². The number of carbonyl (C=O) groups is 3. The van der Waals surface area contributed by atoms with E-state index >= 15 is 0 Å². The molecule has 0 spiro atoms. The number of amides is 3. The first-order valence-electron chi connectivity index (χ1n) is 14.3. The molecular formula is C30H37N7O4. The molecule has 1 aromatic carbocycles. The van der Waals surface area contributed by atoms with Gasteiger partial charge in [0.2, 0.25) is 11.8 Å². The summed E-state index contributed by atoms with van der Waals surface area (Å²) in [6, 6.07) is 11.5. The lowest BCUT2D eigenvalue weighted by Crippen LogP contribution is -2.39. The van der Waals surface area contributed by atoms with Crippen molar-refractivity contribution in [2.24, 2.45) is 5.92 Å². The third-order valence-electron chi connectivity index (χ3n) is 8.09. The summed E-state index contributed by atoms with van der Waals surface area (Å²) in [5, 5.41) is 11.5. The third kappa shape index (κ3) is 6.55. The van der Waals surface area contributed by atoms with E-state index in [1.807, 2.05) is 4.90 Å². The van der Waals surface area contributed by atoms with Gasteiger partial charge in [-0.05, 0) is 42.5 Å². The van der Waals surface area contributed by atoms with Gasteiger partial charge in [-0.1, -0.05) is 36.4 Å². The molecule has 1 N–H and O–H groups in total. The normalized spacial score (nSPS) is 19.7. The molecule has 2 aliphatic rings. The summed E-state index contributed by atoms with van der Waals surface area (Å²) in [5.74, 6) is -0.635. The number of fused-ring (bicyclic) bond motifs is 6. The maximum Gasteiger partial charge on any atom is 0.263 e. The largest absolute Gasteiger partial charge is 0.354 e. The van der Waals surface area contributed by atoms with Gasteiger partial charge in [-0.15, -0.1) is 5.10 Å². The smallest absolute Gasteiger partial charge is 0.263 e. The summed E-state index contributed by atoms with van der Waals surface area (Å²) in [6.07, 6.45) is 6.64. The molecule has 1 fully saturated rings. The maximum atomic E-state index is 13.2. The van der Waals surface area contributed by atoms with Gasteiger partial charge < -0.3 is 19.7 Å². The van der Waals surface area contributed by atoms with Crippen LogP contribution < -0.4 is 10.9 Å². The van der Waals surface area contributed by atoms with Crippen molar-refractivity contribution < 1.29 is 14.4 Å². The number of aromatic nitrogens is 4. The fourth-order valence-electron chi connectivity index (χ4n) is 5.63. The van der Waals surface area contributed by atoms with Gasteiger partial charge in [0.15, 0.2) is 0 Å². The van der Waals surface area contributed by atoms with Crippen LogP contribution in [-0.4, -0.2) is 80.3 Å². The zero-order chi connectivity index (χ0) is 28.9. The van der Waals surface area contributed by atoms with Crippen molar-refractivity contribution in [3.8, 4) is 0 Å². The van der Waals surface area contributed by atoms with Crippen LogP contribution in [0.15, 0.2) is 53.6 Å². The van der Waals surface area contributed by atoms with E-state index in [0.717, 1.165) is 19.3 Å². The first-order valence-corrected chi connectivity index (χ1v) is 14.3. The van der Waals surface area contributed by atoms with Crippen LogP contribution in [0.5, 0.6) is 0 Å². The lowest BCUT2D eigenvalue weighted by molar-refractivity contribution is -0.130. The number of benzene rings is 1. The van der Waals surface area contributed by atoms with Crippen LogP contribution in [0.2, 0.25) is 0 Å². The van der Waals surface area contributed by atoms with Crippen molar-refractivity contribution in [1.29, 1.82) is 0 Å². The second-order valence-electron chi connectivity index (χ2n) is 11.0. The van der Waals surface area contributed by atoms with Crippen molar-refractivity contribution >= 4 is 17.7 Å². The van der Waals surface area contributed by atoms with Crippen LogP contribution in [0.3, 0.4) is 0 Å². The number of rotatable bonds is 5. The van der Waals surface area contributed by atoms with Gasteiger partial charge in [-0.3, -0.25) is 19.2 Å². The van der Waals surface area contributed by atoms with E-state index in [2.05, 4.69) is 46.8 Å². The van der Waals surface area contributed by atoms with Crippen LogP contribution in [0, 0.1) is 5.92 Å². The highest BCUT2D eigenvalue weighted by molar-refractivity contribution is 5.93. The molecule has 216 valence electrons. The molecule has 0 unspecified atom stereocenters. The molecule has 2 atom stereocenters. The van der Waals surface area contributed by atoms with Gasteiger partial charge in [-0.2, -0.15) is 0 Å². The molecule has 11 nitrogen and oxygen atoms in total. The summed E-state index contributed by atoms with van der Waals surface area (Å²) in [7, 11) is 1.61. The van der Waals surface area contributed by atoms with Crippen LogP contribution in [0.25, 0.3) is 0 Å². The Kier molecular flexibility index (Phi) is 8.61. The summed E-state index contributed by atoms with van der Waals surface area (Å²) in [4.78, 5) is 55.3. The van der Waals surface area contributed by atoms with E-state index in [-0.39, 0.29) is 55.4 Å². The second kappa shape index (κ2) is 12.5. The number of hydrogen-bond acceptors (Lipinski definition) is 6. The number of hydrogen-bond donors (Lipinski definition) is 1. The Hall–Kier alpha value is -4.28. The van der Waals surface area contributed by atoms with Gasteiger partial charge in [0.1, 0.15) is 11.3 Å². The zero-order valence-electron chi connectivity index (χ0n) is 23.7. The summed E-state index contributed by atoms with van der Waals surface area (Å²) < 4.78 is 3.16. The molecule has 3 amide bonds. The number of carbonyl (C=O) groups excluding carboxylic acids is 3. The fraction of sp³-hybridized carbons (Fsp3) is 0.467. The number of likely N-dealkylation sites (tertiary alicyclic amines) is 1. The monoisotopic (exact) mass is 559 g/mol. The highest BCUT2D eigenvalue weighted by Crippen LogP contribution is 2.31. The average Bonchev–Trinajstić information content (AvgIpc) is 3.60. The predicted molar refractivity (Wildman–Crippen MR) is 152 cm³/mol. The average molecular weight is 560 g/mol. The van der Waals surface area contributed by atoms with Crippen molar-refractivity contribution in [2.75, 3.05) is 33.2 Å². The Morgan fingerprint density at radius 1 is 1.07 bits per heavy atom. The minimum absolute atomic E-state index is 0.0591. The van der Waals surface area contributed by atoms with Crippen molar-refractivity contribution in [1.82, 2.24) is 34.7 Å². The standard InChI is InChI=1S/C30H37N7O4/c1-3-21-9-11-22(12-10-21)6-4-8-28(39)36-17-23-16-27(38)31-13-15-34(2)29(40)25-7-5-14-35(30(25)41)18-24-19-37(33-32-24)26(23)20-36/h5,7,9-12,14,19,23,26H,3-4,6,8,13,15-18,20H2,1-2H3,(H,31,38)/t23-,26+/m0/s1. The Balaban J connectivity index is 1.31. The summed E-state index contributed by atoms with van der Waals surface area (Å²) in [5.41, 5.74) is 2.72. The van der Waals surface area contributed by atoms with Gasteiger partial charge in [0, 0.05) is 58.2 Å². The van der Waals surface area contributed by atoms with Gasteiger partial charge >= 0.3 is 0 Å². The Labute approximate surface area is 239 Å². The van der Waals surface area contributed by atoms with E-state index in [4.69, 9.17) is 0 Å². The fourth-order valence-corrected chi connectivity index (χ4v) is 5.63. The van der Waals surface area contributed by atoms with E-state index in [1.54, 1.807) is 30.2 Å². The quantitative estimate of drug-likeness (QED) is 0.508. The number of likely N-dealkylation sites (N-methyl/N-ethyl adjacent to an activating group) is 1. The van der Waals surface area contributed by atoms with Crippen LogP contribution in [0.4, 0.5) is 0 Å². The molecule has 4 heterocycles. The van der Waals surface area contributed by atoms with Gasteiger partial charge in [0.25, 0.3) is 11.5 Å². The highest BCUT2D eigenvalue weighted by Gasteiger charge is 2.38. The Morgan fingerprint density at radius 3 is 2.63 bits per heavy atom. The molecule has 0 radical (unpaired) electrons. The van der Waals surface area contributed by atoms with Crippen LogP contribution >= 0.6 is 0 Å². The summed E-state index contributed by atoms with van der Waals surface area (Å²) in [6.45, 7) is 3.71. The molecule has 11 heteroatoms. The molecular weight excluding hydrogens is 522 g/mol. The number of aryl methyl sites for hydroxylation is 2. The van der Waals surface area contributed by atoms with Crippen molar-refractivity contribution in [3.63, 3.8) is 0 Å². The third-order valence-corrected chi connectivity index (χ3v) is 8.09. The molecule has 0 saturated carbocycles. The van der Waals surface area contributed by atoms with Gasteiger partial charge in [-0.25, -0.2) is 4.68 Å². The molecule has 1 saturated heterocycles. The Bertz CT molecular complexity index is 1460. The lowest BCUT2D eigenvalue weighted by Gasteiger charge is -2.20. The molecule has 2 aliphatic heterocycles. The highest BCUT2D eigenvalue weighted by atomic mass is 16.2.